The quantitative estimate of drug-likeness (QED) is 0.602. The molecular formula is C10H13BrO3. The van der Waals surface area contributed by atoms with Crippen molar-refractivity contribution < 1.29 is 14.2 Å². The van der Waals surface area contributed by atoms with E-state index in [9.17, 15) is 0 Å². The maximum absolute atomic E-state index is 5.24. The van der Waals surface area contributed by atoms with E-state index in [1.54, 1.807) is 14.2 Å². The molecule has 0 aliphatic carbocycles. The summed E-state index contributed by atoms with van der Waals surface area (Å²) in [5.41, 5.74) is 0.999. The van der Waals surface area contributed by atoms with Gasteiger partial charge < -0.3 is 14.2 Å². The first-order valence-electron chi connectivity index (χ1n) is 4.17. The number of hydrogen-bond donors (Lipinski definition) is 0. The van der Waals surface area contributed by atoms with Gasteiger partial charge in [-0.15, -0.1) is 0 Å². The van der Waals surface area contributed by atoms with E-state index in [0.717, 1.165) is 15.8 Å². The summed E-state index contributed by atoms with van der Waals surface area (Å²) in [5, 5.41) is 0. The van der Waals surface area contributed by atoms with Gasteiger partial charge in [0.25, 0.3) is 0 Å². The third kappa shape index (κ3) is 3.29. The molecule has 0 heterocycles. The summed E-state index contributed by atoms with van der Waals surface area (Å²) >= 11 is 3.39. The minimum atomic E-state index is 0.287. The van der Waals surface area contributed by atoms with Crippen molar-refractivity contribution in [1.29, 1.82) is 0 Å². The lowest BCUT2D eigenvalue weighted by atomic mass is 10.2. The van der Waals surface area contributed by atoms with Crippen LogP contribution in [0.4, 0.5) is 0 Å². The highest BCUT2D eigenvalue weighted by Crippen LogP contribution is 2.23. The third-order valence-electron chi connectivity index (χ3n) is 1.70. The Bertz CT molecular complexity index is 289. The molecule has 3 nitrogen and oxygen atoms in total. The van der Waals surface area contributed by atoms with Crippen molar-refractivity contribution in [3.8, 4) is 5.75 Å². The van der Waals surface area contributed by atoms with Gasteiger partial charge in [-0.05, 0) is 18.2 Å². The zero-order valence-electron chi connectivity index (χ0n) is 8.25. The van der Waals surface area contributed by atoms with Crippen LogP contribution in [0.25, 0.3) is 0 Å². The average molecular weight is 261 g/mol. The van der Waals surface area contributed by atoms with Crippen molar-refractivity contribution in [1.82, 2.24) is 0 Å². The van der Waals surface area contributed by atoms with Crippen LogP contribution in [-0.2, 0) is 16.1 Å². The molecule has 0 aromatic heterocycles. The zero-order valence-corrected chi connectivity index (χ0v) is 9.83. The molecule has 0 bridgehead atoms. The van der Waals surface area contributed by atoms with Crippen LogP contribution in [0.5, 0.6) is 5.75 Å². The molecule has 14 heavy (non-hydrogen) atoms. The second-order valence-electron chi connectivity index (χ2n) is 2.71. The summed E-state index contributed by atoms with van der Waals surface area (Å²) in [6.07, 6.45) is 0. The lowest BCUT2D eigenvalue weighted by molar-refractivity contribution is -0.0395. The monoisotopic (exact) mass is 260 g/mol. The molecule has 0 amide bonds. The maximum Gasteiger partial charge on any atom is 0.146 e. The average Bonchev–Trinajstić information content (AvgIpc) is 2.19. The molecule has 0 radical (unpaired) electrons. The Morgan fingerprint density at radius 3 is 2.71 bits per heavy atom. The molecule has 1 rings (SSSR count). The van der Waals surface area contributed by atoms with Gasteiger partial charge in [0, 0.05) is 17.1 Å². The van der Waals surface area contributed by atoms with E-state index >= 15 is 0 Å². The van der Waals surface area contributed by atoms with Crippen LogP contribution in [0.3, 0.4) is 0 Å². The molecule has 0 spiro atoms. The molecule has 0 unspecified atom stereocenters. The summed E-state index contributed by atoms with van der Waals surface area (Å²) in [6.45, 7) is 0.770. The van der Waals surface area contributed by atoms with E-state index in [4.69, 9.17) is 14.2 Å². The van der Waals surface area contributed by atoms with Crippen molar-refractivity contribution in [2.45, 2.75) is 6.61 Å². The first-order chi connectivity index (χ1) is 6.77. The van der Waals surface area contributed by atoms with Crippen LogP contribution in [0, 0.1) is 0 Å². The largest absolute Gasteiger partial charge is 0.496 e. The first-order valence-corrected chi connectivity index (χ1v) is 4.96. The molecule has 4 heteroatoms. The highest BCUT2D eigenvalue weighted by Gasteiger charge is 2.03. The van der Waals surface area contributed by atoms with Gasteiger partial charge in [0.15, 0.2) is 0 Å². The molecule has 0 N–H and O–H groups in total. The lowest BCUT2D eigenvalue weighted by Gasteiger charge is -2.08. The molecule has 0 aliphatic heterocycles. The molecule has 0 fully saturated rings. The predicted molar refractivity (Wildman–Crippen MR) is 57.4 cm³/mol. The zero-order chi connectivity index (χ0) is 10.4. The van der Waals surface area contributed by atoms with Crippen LogP contribution in [-0.4, -0.2) is 21.0 Å². The van der Waals surface area contributed by atoms with Gasteiger partial charge in [0.1, 0.15) is 12.5 Å². The minimum absolute atomic E-state index is 0.287. The molecular weight excluding hydrogens is 248 g/mol. The topological polar surface area (TPSA) is 27.7 Å². The summed E-state index contributed by atoms with van der Waals surface area (Å²) in [4.78, 5) is 0. The first kappa shape index (κ1) is 11.5. The molecule has 0 saturated heterocycles. The van der Waals surface area contributed by atoms with E-state index in [2.05, 4.69) is 15.9 Å². The number of ether oxygens (including phenoxy) is 3. The number of hydrogen-bond acceptors (Lipinski definition) is 3. The molecule has 1 aromatic rings. The summed E-state index contributed by atoms with van der Waals surface area (Å²) < 4.78 is 16.2. The van der Waals surface area contributed by atoms with Gasteiger partial charge in [0.05, 0.1) is 13.7 Å². The highest BCUT2D eigenvalue weighted by atomic mass is 79.9. The Morgan fingerprint density at radius 1 is 1.29 bits per heavy atom. The number of rotatable bonds is 5. The van der Waals surface area contributed by atoms with Crippen LogP contribution >= 0.6 is 15.9 Å². The fourth-order valence-electron chi connectivity index (χ4n) is 1.09. The number of benzene rings is 1. The Morgan fingerprint density at radius 2 is 2.07 bits per heavy atom. The Balaban J connectivity index is 2.67. The third-order valence-corrected chi connectivity index (χ3v) is 2.19. The second-order valence-corrected chi connectivity index (χ2v) is 3.63. The van der Waals surface area contributed by atoms with Gasteiger partial charge in [-0.2, -0.15) is 0 Å². The smallest absolute Gasteiger partial charge is 0.146 e. The van der Waals surface area contributed by atoms with Crippen LogP contribution in [0.2, 0.25) is 0 Å². The van der Waals surface area contributed by atoms with Gasteiger partial charge >= 0.3 is 0 Å². The predicted octanol–water partition coefficient (Wildman–Crippen LogP) is 2.58. The summed E-state index contributed by atoms with van der Waals surface area (Å²) in [7, 11) is 3.24. The Kier molecular flexibility index (Phi) is 4.93. The van der Waals surface area contributed by atoms with Crippen LogP contribution in [0.15, 0.2) is 22.7 Å². The number of halogens is 1. The lowest BCUT2D eigenvalue weighted by Crippen LogP contribution is -1.99. The molecule has 0 aliphatic rings. The SMILES string of the molecule is COCOCc1cc(Br)ccc1OC. The van der Waals surface area contributed by atoms with Crippen molar-refractivity contribution >= 4 is 15.9 Å². The van der Waals surface area contributed by atoms with Gasteiger partial charge in [-0.3, -0.25) is 0 Å². The van der Waals surface area contributed by atoms with E-state index in [0.29, 0.717) is 6.61 Å². The highest BCUT2D eigenvalue weighted by molar-refractivity contribution is 9.10. The van der Waals surface area contributed by atoms with Crippen molar-refractivity contribution in [3.05, 3.63) is 28.2 Å². The van der Waals surface area contributed by atoms with Gasteiger partial charge in [-0.1, -0.05) is 15.9 Å². The maximum atomic E-state index is 5.24. The Labute approximate surface area is 92.1 Å². The second kappa shape index (κ2) is 6.01. The van der Waals surface area contributed by atoms with E-state index in [1.165, 1.54) is 0 Å². The van der Waals surface area contributed by atoms with Crippen molar-refractivity contribution in [2.24, 2.45) is 0 Å². The summed E-state index contributed by atoms with van der Waals surface area (Å²) in [6, 6.07) is 5.79. The standard InChI is InChI=1S/C10H13BrO3/c1-12-7-14-6-8-5-9(11)3-4-10(8)13-2/h3-5H,6-7H2,1-2H3. The minimum Gasteiger partial charge on any atom is -0.496 e. The van der Waals surface area contributed by atoms with Crippen molar-refractivity contribution in [2.75, 3.05) is 21.0 Å². The fraction of sp³-hybridized carbons (Fsp3) is 0.400. The molecule has 78 valence electrons. The molecule has 0 atom stereocenters. The fourth-order valence-corrected chi connectivity index (χ4v) is 1.50. The Hall–Kier alpha value is -0.580. The van der Waals surface area contributed by atoms with Gasteiger partial charge in [-0.25, -0.2) is 0 Å². The van der Waals surface area contributed by atoms with Crippen molar-refractivity contribution in [3.63, 3.8) is 0 Å². The molecule has 0 saturated carbocycles. The van der Waals surface area contributed by atoms with Crippen LogP contribution in [0.1, 0.15) is 5.56 Å². The molecule has 1 aromatic carbocycles. The van der Waals surface area contributed by atoms with E-state index in [-0.39, 0.29) is 6.79 Å². The summed E-state index contributed by atoms with van der Waals surface area (Å²) in [5.74, 6) is 0.823. The van der Waals surface area contributed by atoms with E-state index in [1.807, 2.05) is 18.2 Å². The number of methoxy groups -OCH3 is 2. The van der Waals surface area contributed by atoms with Crippen LogP contribution < -0.4 is 4.74 Å². The van der Waals surface area contributed by atoms with E-state index < -0.39 is 0 Å². The normalized spacial score (nSPS) is 10.2. The van der Waals surface area contributed by atoms with Gasteiger partial charge in [0.2, 0.25) is 0 Å².